The van der Waals surface area contributed by atoms with E-state index in [-0.39, 0.29) is 5.82 Å². The Hall–Kier alpha value is 1.18. The summed E-state index contributed by atoms with van der Waals surface area (Å²) in [6, 6.07) is 4.92. The number of hydrogen-bond acceptors (Lipinski definition) is 0. The lowest BCUT2D eigenvalue weighted by Gasteiger charge is -2.04. The first-order chi connectivity index (χ1) is 10.2. The molecule has 2 aromatic carbocycles. The van der Waals surface area contributed by atoms with Crippen molar-refractivity contribution >= 4 is 95.6 Å². The van der Waals surface area contributed by atoms with Crippen LogP contribution in [0.4, 0.5) is 8.78 Å². The molecule has 120 valence electrons. The highest BCUT2D eigenvalue weighted by atomic mass is 79.9. The molecule has 0 nitrogen and oxygen atoms in total. The third-order valence-corrected chi connectivity index (χ3v) is 8.83. The van der Waals surface area contributed by atoms with Crippen LogP contribution >= 0.6 is 95.6 Å². The predicted molar refractivity (Wildman–Crippen MR) is 109 cm³/mol. The summed E-state index contributed by atoms with van der Waals surface area (Å²) in [7, 11) is 0. The van der Waals surface area contributed by atoms with Gasteiger partial charge in [-0.05, 0) is 116 Å². The molecule has 0 atom stereocenters. The zero-order chi connectivity index (χ0) is 17.0. The summed E-state index contributed by atoms with van der Waals surface area (Å²) in [5.74, 6) is -0.269. The molecule has 0 saturated carbocycles. The molecule has 8 heteroatoms. The van der Waals surface area contributed by atoms with Crippen LogP contribution in [-0.2, 0) is 6.67 Å². The maximum Gasteiger partial charge on any atom is 0.139 e. The monoisotopic (exact) mass is 688 g/mol. The van der Waals surface area contributed by atoms with Crippen LogP contribution in [0.1, 0.15) is 11.1 Å². The Labute approximate surface area is 178 Å². The predicted octanol–water partition coefficient (Wildman–Crippen LogP) is 8.87. The quantitative estimate of drug-likeness (QED) is 0.207. The summed E-state index contributed by atoms with van der Waals surface area (Å²) < 4.78 is 29.7. The van der Waals surface area contributed by atoms with Crippen LogP contribution in [-0.4, -0.2) is 0 Å². The highest BCUT2D eigenvalue weighted by Gasteiger charge is 2.09. The molecule has 0 unspecified atom stereocenters. The van der Waals surface area contributed by atoms with E-state index in [2.05, 4.69) is 95.6 Å². The number of hydrogen-bond donors (Lipinski definition) is 0. The molecule has 0 aliphatic carbocycles. The normalized spacial score (nSPS) is 10.2. The highest BCUT2D eigenvalue weighted by molar-refractivity contribution is 9.14. The van der Waals surface area contributed by atoms with E-state index in [4.69, 9.17) is 0 Å². The smallest absolute Gasteiger partial charge is 0.139 e. The second-order valence-electron chi connectivity index (χ2n) is 4.10. The second kappa shape index (κ2) is 9.61. The van der Waals surface area contributed by atoms with Crippen molar-refractivity contribution in [1.82, 2.24) is 0 Å². The van der Waals surface area contributed by atoms with Crippen LogP contribution in [0, 0.1) is 12.7 Å². The maximum atomic E-state index is 12.9. The van der Waals surface area contributed by atoms with Crippen LogP contribution in [0.25, 0.3) is 0 Å². The summed E-state index contributed by atoms with van der Waals surface area (Å²) in [6.45, 7) is 1.46. The average Bonchev–Trinajstić information content (AvgIpc) is 2.48. The standard InChI is InChI=1S/2C7H4Br3F/c8-5-1-4(3-11)2-6(9)7(5)10;1-3-4(8)2-5(11)7(10)6(3)9/h1-2H,3H2;2H,1H3. The topological polar surface area (TPSA) is 0 Å². The summed E-state index contributed by atoms with van der Waals surface area (Å²) in [5, 5.41) is 0. The fourth-order valence-electron chi connectivity index (χ4n) is 1.34. The SMILES string of the molecule is Cc1c(Br)cc(F)c(Br)c1Br.FCc1cc(Br)c(Br)c(Br)c1. The van der Waals surface area contributed by atoms with Gasteiger partial charge in [0.1, 0.15) is 12.5 Å². The third-order valence-electron chi connectivity index (χ3n) is 2.54. The molecule has 0 radical (unpaired) electrons. The minimum atomic E-state index is -0.440. The van der Waals surface area contributed by atoms with E-state index in [1.54, 1.807) is 12.1 Å². The van der Waals surface area contributed by atoms with Crippen LogP contribution in [0.2, 0.25) is 0 Å². The van der Waals surface area contributed by atoms with Gasteiger partial charge in [-0.25, -0.2) is 8.78 Å². The fourth-order valence-corrected chi connectivity index (χ4v) is 4.33. The van der Waals surface area contributed by atoms with Crippen molar-refractivity contribution in [3.05, 3.63) is 62.0 Å². The lowest BCUT2D eigenvalue weighted by atomic mass is 10.2. The van der Waals surface area contributed by atoms with Gasteiger partial charge in [0, 0.05) is 22.4 Å². The van der Waals surface area contributed by atoms with Gasteiger partial charge in [-0.15, -0.1) is 0 Å². The van der Waals surface area contributed by atoms with Crippen molar-refractivity contribution in [2.75, 3.05) is 0 Å². The van der Waals surface area contributed by atoms with E-state index in [1.165, 1.54) is 6.07 Å². The molecule has 22 heavy (non-hydrogen) atoms. The van der Waals surface area contributed by atoms with Crippen LogP contribution in [0.15, 0.2) is 45.0 Å². The molecule has 0 N–H and O–H groups in total. The lowest BCUT2D eigenvalue weighted by molar-refractivity contribution is 0.485. The van der Waals surface area contributed by atoms with Crippen molar-refractivity contribution in [3.63, 3.8) is 0 Å². The second-order valence-corrected chi connectivity index (χ2v) is 9.04. The largest absolute Gasteiger partial charge is 0.246 e. The molecule has 0 heterocycles. The molecule has 0 saturated heterocycles. The van der Waals surface area contributed by atoms with Gasteiger partial charge in [0.2, 0.25) is 0 Å². The molecule has 0 aliphatic heterocycles. The molecular formula is C14H8Br6F2. The van der Waals surface area contributed by atoms with Crippen molar-refractivity contribution in [3.8, 4) is 0 Å². The molecule has 0 amide bonds. The van der Waals surface area contributed by atoms with E-state index < -0.39 is 6.67 Å². The average molecular weight is 694 g/mol. The minimum absolute atomic E-state index is 0.269. The minimum Gasteiger partial charge on any atom is -0.246 e. The van der Waals surface area contributed by atoms with E-state index in [1.807, 2.05) is 6.92 Å². The molecule has 0 aliphatic rings. The Morgan fingerprint density at radius 1 is 0.773 bits per heavy atom. The first-order valence-corrected chi connectivity index (χ1v) is 10.4. The van der Waals surface area contributed by atoms with E-state index in [9.17, 15) is 8.78 Å². The summed E-state index contributed by atoms with van der Waals surface area (Å²) in [6.07, 6.45) is 0. The third kappa shape index (κ3) is 5.62. The maximum absolute atomic E-state index is 12.9. The molecule has 0 bridgehead atoms. The first-order valence-electron chi connectivity index (χ1n) is 5.68. The van der Waals surface area contributed by atoms with Crippen molar-refractivity contribution < 1.29 is 8.78 Å². The Bertz CT molecular complexity index is 638. The van der Waals surface area contributed by atoms with E-state index in [0.29, 0.717) is 10.0 Å². The van der Waals surface area contributed by atoms with Crippen LogP contribution in [0.5, 0.6) is 0 Å². The number of rotatable bonds is 1. The van der Waals surface area contributed by atoms with Crippen molar-refractivity contribution in [1.29, 1.82) is 0 Å². The van der Waals surface area contributed by atoms with Crippen LogP contribution in [0.3, 0.4) is 0 Å². The molecular weight excluding hydrogens is 686 g/mol. The summed E-state index contributed by atoms with van der Waals surface area (Å²) in [5.41, 5.74) is 1.64. The lowest BCUT2D eigenvalue weighted by Crippen LogP contribution is -1.85. The molecule has 2 aromatic rings. The van der Waals surface area contributed by atoms with Gasteiger partial charge < -0.3 is 0 Å². The van der Waals surface area contributed by atoms with Gasteiger partial charge in [0.15, 0.2) is 0 Å². The zero-order valence-corrected chi connectivity index (χ0v) is 20.5. The molecule has 0 fully saturated rings. The number of alkyl halides is 1. The number of halogens is 8. The van der Waals surface area contributed by atoms with E-state index in [0.717, 1.165) is 27.9 Å². The van der Waals surface area contributed by atoms with Gasteiger partial charge in [0.25, 0.3) is 0 Å². The summed E-state index contributed by atoms with van der Waals surface area (Å²) in [4.78, 5) is 0. The van der Waals surface area contributed by atoms with Crippen molar-refractivity contribution in [2.24, 2.45) is 0 Å². The number of benzene rings is 2. The van der Waals surface area contributed by atoms with Gasteiger partial charge in [-0.1, -0.05) is 15.9 Å². The summed E-state index contributed by atoms with van der Waals surface area (Å²) >= 11 is 19.5. The van der Waals surface area contributed by atoms with Crippen LogP contribution < -0.4 is 0 Å². The van der Waals surface area contributed by atoms with Crippen molar-refractivity contribution in [2.45, 2.75) is 13.6 Å². The molecule has 0 aromatic heterocycles. The Morgan fingerprint density at radius 3 is 1.73 bits per heavy atom. The Balaban J connectivity index is 0.000000220. The van der Waals surface area contributed by atoms with Gasteiger partial charge in [-0.2, -0.15) is 0 Å². The highest BCUT2D eigenvalue weighted by Crippen LogP contribution is 2.34. The Morgan fingerprint density at radius 2 is 1.27 bits per heavy atom. The molecule has 2 rings (SSSR count). The van der Waals surface area contributed by atoms with Gasteiger partial charge in [0.05, 0.1) is 4.47 Å². The Kier molecular flexibility index (Phi) is 9.27. The zero-order valence-electron chi connectivity index (χ0n) is 11.0. The molecule has 0 spiro atoms. The van der Waals surface area contributed by atoms with Gasteiger partial charge in [-0.3, -0.25) is 0 Å². The fraction of sp³-hybridized carbons (Fsp3) is 0.143. The first kappa shape index (κ1) is 21.2. The van der Waals surface area contributed by atoms with Gasteiger partial charge >= 0.3 is 0 Å². The van der Waals surface area contributed by atoms with E-state index >= 15 is 0 Å².